The summed E-state index contributed by atoms with van der Waals surface area (Å²) in [7, 11) is 0. The van der Waals surface area contributed by atoms with Crippen LogP contribution in [0, 0.1) is 5.92 Å². The van der Waals surface area contributed by atoms with Crippen LogP contribution >= 0.6 is 0 Å². The van der Waals surface area contributed by atoms with Gasteiger partial charge in [0, 0.05) is 6.21 Å². The Morgan fingerprint density at radius 3 is 1.94 bits per heavy atom. The van der Waals surface area contributed by atoms with Gasteiger partial charge in [-0.3, -0.25) is 4.99 Å². The van der Waals surface area contributed by atoms with E-state index in [9.17, 15) is 0 Å². The van der Waals surface area contributed by atoms with Crippen molar-refractivity contribution in [1.29, 1.82) is 0 Å². The van der Waals surface area contributed by atoms with Crippen LogP contribution in [0.3, 0.4) is 0 Å². The number of aliphatic imine (C=N–C) groups is 1. The minimum Gasteiger partial charge on any atom is -0.284 e. The summed E-state index contributed by atoms with van der Waals surface area (Å²) in [5, 5.41) is 0. The second-order valence-electron chi connectivity index (χ2n) is 4.79. The predicted octanol–water partition coefficient (Wildman–Crippen LogP) is 4.50. The lowest BCUT2D eigenvalue weighted by Crippen LogP contribution is -2.04. The van der Waals surface area contributed by atoms with Crippen LogP contribution < -0.4 is 0 Å². The quantitative estimate of drug-likeness (QED) is 0.694. The zero-order valence-corrected chi connectivity index (χ0v) is 11.0. The maximum absolute atomic E-state index is 4.74. The van der Waals surface area contributed by atoms with Crippen LogP contribution in [0.1, 0.15) is 31.0 Å². The van der Waals surface area contributed by atoms with Crippen molar-refractivity contribution in [2.45, 2.75) is 19.9 Å². The summed E-state index contributed by atoms with van der Waals surface area (Å²) in [4.78, 5) is 4.74. The molecule has 0 bridgehead atoms. The minimum absolute atomic E-state index is 0.228. The topological polar surface area (TPSA) is 12.4 Å². The van der Waals surface area contributed by atoms with Gasteiger partial charge in [0.05, 0.1) is 6.04 Å². The molecule has 1 unspecified atom stereocenters. The molecule has 2 aromatic carbocycles. The second kappa shape index (κ2) is 6.15. The maximum atomic E-state index is 4.74. The first-order valence-corrected chi connectivity index (χ1v) is 6.40. The third-order valence-corrected chi connectivity index (χ3v) is 2.96. The van der Waals surface area contributed by atoms with E-state index in [4.69, 9.17) is 4.99 Å². The Morgan fingerprint density at radius 2 is 1.39 bits per heavy atom. The summed E-state index contributed by atoms with van der Waals surface area (Å²) < 4.78 is 0. The van der Waals surface area contributed by atoms with Crippen LogP contribution in [-0.4, -0.2) is 6.21 Å². The van der Waals surface area contributed by atoms with E-state index in [-0.39, 0.29) is 6.04 Å². The van der Waals surface area contributed by atoms with Crippen molar-refractivity contribution >= 4 is 6.21 Å². The molecule has 2 rings (SSSR count). The van der Waals surface area contributed by atoms with Crippen molar-refractivity contribution in [2.75, 3.05) is 0 Å². The summed E-state index contributed by atoms with van der Waals surface area (Å²) in [6, 6.07) is 21.0. The number of rotatable bonds is 4. The first-order valence-electron chi connectivity index (χ1n) is 6.40. The zero-order valence-electron chi connectivity index (χ0n) is 11.0. The molecule has 2 aromatic rings. The maximum Gasteiger partial charge on any atom is 0.0772 e. The Labute approximate surface area is 109 Å². The summed E-state index contributed by atoms with van der Waals surface area (Å²) >= 11 is 0. The van der Waals surface area contributed by atoms with Crippen molar-refractivity contribution in [2.24, 2.45) is 10.9 Å². The highest BCUT2D eigenvalue weighted by Gasteiger charge is 2.12. The number of hydrogen-bond acceptors (Lipinski definition) is 1. The van der Waals surface area contributed by atoms with Crippen molar-refractivity contribution in [3.8, 4) is 0 Å². The van der Waals surface area contributed by atoms with Gasteiger partial charge < -0.3 is 0 Å². The normalized spacial score (nSPS) is 13.1. The third-order valence-electron chi connectivity index (χ3n) is 2.96. The first kappa shape index (κ1) is 12.6. The van der Waals surface area contributed by atoms with Gasteiger partial charge in [0.25, 0.3) is 0 Å². The molecule has 0 aliphatic carbocycles. The highest BCUT2D eigenvalue weighted by atomic mass is 14.8. The summed E-state index contributed by atoms with van der Waals surface area (Å²) in [5.74, 6) is 0.493. The van der Waals surface area contributed by atoms with E-state index >= 15 is 0 Å². The van der Waals surface area contributed by atoms with E-state index in [2.05, 4.69) is 50.2 Å². The molecule has 0 N–H and O–H groups in total. The van der Waals surface area contributed by atoms with Gasteiger partial charge in [0.2, 0.25) is 0 Å². The van der Waals surface area contributed by atoms with Gasteiger partial charge in [-0.2, -0.15) is 0 Å². The monoisotopic (exact) mass is 237 g/mol. The molecule has 0 spiro atoms. The third kappa shape index (κ3) is 3.30. The Morgan fingerprint density at radius 1 is 0.833 bits per heavy atom. The fourth-order valence-corrected chi connectivity index (χ4v) is 2.00. The highest BCUT2D eigenvalue weighted by molar-refractivity contribution is 5.79. The molecular formula is C17H19N. The molecule has 0 amide bonds. The minimum atomic E-state index is 0.228. The molecule has 0 aliphatic rings. The summed E-state index contributed by atoms with van der Waals surface area (Å²) in [6.45, 7) is 4.42. The Kier molecular flexibility index (Phi) is 4.30. The van der Waals surface area contributed by atoms with E-state index in [1.807, 2.05) is 30.5 Å². The van der Waals surface area contributed by atoms with Gasteiger partial charge in [-0.1, -0.05) is 74.5 Å². The Hall–Kier alpha value is -1.89. The molecule has 0 radical (unpaired) electrons. The van der Waals surface area contributed by atoms with E-state index < -0.39 is 0 Å². The molecule has 92 valence electrons. The van der Waals surface area contributed by atoms with Crippen molar-refractivity contribution in [3.05, 3.63) is 71.8 Å². The fourth-order valence-electron chi connectivity index (χ4n) is 2.00. The second-order valence-corrected chi connectivity index (χ2v) is 4.79. The van der Waals surface area contributed by atoms with E-state index in [0.717, 1.165) is 5.56 Å². The molecule has 18 heavy (non-hydrogen) atoms. The summed E-state index contributed by atoms with van der Waals surface area (Å²) in [5.41, 5.74) is 2.43. The van der Waals surface area contributed by atoms with Gasteiger partial charge in [-0.05, 0) is 17.0 Å². The van der Waals surface area contributed by atoms with Gasteiger partial charge in [0.1, 0.15) is 0 Å². The Bertz CT molecular complexity index is 486. The van der Waals surface area contributed by atoms with Gasteiger partial charge in [-0.15, -0.1) is 0 Å². The predicted molar refractivity (Wildman–Crippen MR) is 78.1 cm³/mol. The number of hydrogen-bond donors (Lipinski definition) is 0. The van der Waals surface area contributed by atoms with Crippen LogP contribution in [0.4, 0.5) is 0 Å². The molecule has 1 nitrogen and oxygen atoms in total. The van der Waals surface area contributed by atoms with Crippen LogP contribution in [0.25, 0.3) is 0 Å². The lowest BCUT2D eigenvalue weighted by molar-refractivity contribution is 0.518. The molecular weight excluding hydrogens is 218 g/mol. The molecule has 0 aliphatic heterocycles. The molecule has 1 heteroatoms. The van der Waals surface area contributed by atoms with Gasteiger partial charge in [0.15, 0.2) is 0 Å². The standard InChI is InChI=1S/C17H19N/c1-14(2)17(16-11-7-4-8-12-16)18-13-15-9-5-3-6-10-15/h3-14,17H,1-2H3. The first-order chi connectivity index (χ1) is 8.77. The largest absolute Gasteiger partial charge is 0.284 e. The van der Waals surface area contributed by atoms with Gasteiger partial charge >= 0.3 is 0 Å². The lowest BCUT2D eigenvalue weighted by atomic mass is 9.97. The summed E-state index contributed by atoms with van der Waals surface area (Å²) in [6.07, 6.45) is 1.97. The van der Waals surface area contributed by atoms with Crippen LogP contribution in [0.15, 0.2) is 65.7 Å². The van der Waals surface area contributed by atoms with Crippen molar-refractivity contribution in [1.82, 2.24) is 0 Å². The fraction of sp³-hybridized carbons (Fsp3) is 0.235. The molecule has 0 fully saturated rings. The van der Waals surface area contributed by atoms with E-state index in [1.54, 1.807) is 0 Å². The van der Waals surface area contributed by atoms with Crippen LogP contribution in [0.2, 0.25) is 0 Å². The highest BCUT2D eigenvalue weighted by Crippen LogP contribution is 2.25. The molecule has 1 atom stereocenters. The number of benzene rings is 2. The average molecular weight is 237 g/mol. The van der Waals surface area contributed by atoms with Crippen LogP contribution in [-0.2, 0) is 0 Å². The van der Waals surface area contributed by atoms with Crippen molar-refractivity contribution in [3.63, 3.8) is 0 Å². The number of nitrogens with zero attached hydrogens (tertiary/aromatic N) is 1. The molecule has 0 saturated carbocycles. The van der Waals surface area contributed by atoms with E-state index in [0.29, 0.717) is 5.92 Å². The van der Waals surface area contributed by atoms with Crippen molar-refractivity contribution < 1.29 is 0 Å². The average Bonchev–Trinajstić information content (AvgIpc) is 2.41. The van der Waals surface area contributed by atoms with Crippen LogP contribution in [0.5, 0.6) is 0 Å². The van der Waals surface area contributed by atoms with E-state index in [1.165, 1.54) is 5.56 Å². The Balaban J connectivity index is 2.20. The smallest absolute Gasteiger partial charge is 0.0772 e. The van der Waals surface area contributed by atoms with Gasteiger partial charge in [-0.25, -0.2) is 0 Å². The SMILES string of the molecule is CC(C)C(N=Cc1ccccc1)c1ccccc1. The molecule has 0 aromatic heterocycles. The zero-order chi connectivity index (χ0) is 12.8. The molecule has 0 saturated heterocycles. The lowest BCUT2D eigenvalue weighted by Gasteiger charge is -2.16. The molecule has 0 heterocycles.